The fourth-order valence-electron chi connectivity index (χ4n) is 3.61. The molecule has 27 heavy (non-hydrogen) atoms. The van der Waals surface area contributed by atoms with Crippen molar-refractivity contribution >= 4 is 18.7 Å². The van der Waals surface area contributed by atoms with Crippen LogP contribution in [0.15, 0.2) is 72.8 Å². The Hall–Kier alpha value is -1.72. The number of ether oxygens (including phenoxy) is 1. The lowest BCUT2D eigenvalue weighted by atomic mass is 10.1. The van der Waals surface area contributed by atoms with E-state index < -0.39 is 20.0 Å². The van der Waals surface area contributed by atoms with Crippen LogP contribution in [0.2, 0.25) is 5.04 Å². The van der Waals surface area contributed by atoms with Crippen LogP contribution in [-0.2, 0) is 9.16 Å². The van der Waals surface area contributed by atoms with E-state index in [0.717, 1.165) is 0 Å². The summed E-state index contributed by atoms with van der Waals surface area (Å²) in [5, 5.41) is 12.7. The molecule has 3 nitrogen and oxygen atoms in total. The Kier molecular flexibility index (Phi) is 5.73. The molecule has 0 spiro atoms. The standard InChI is InChI=1S/C23H30O3Si/c1-22(2,3)27(19-12-7-5-8-13-19,20-14-9-6-10-15-20)26-17-11-16-21(24)23(4)18-25-23/h5-16,21,24H,17-18H2,1-4H3/t21-,23+/m1/s1. The van der Waals surface area contributed by atoms with Crippen molar-refractivity contribution in [1.29, 1.82) is 0 Å². The lowest BCUT2D eigenvalue weighted by molar-refractivity contribution is 0.123. The summed E-state index contributed by atoms with van der Waals surface area (Å²) in [6.07, 6.45) is 3.13. The SMILES string of the molecule is CC(C)(C)[Si](OCC=C[C@@H](O)[C@]1(C)CO1)(c1ccccc1)c1ccccc1. The van der Waals surface area contributed by atoms with E-state index in [0.29, 0.717) is 13.2 Å². The molecule has 2 atom stereocenters. The van der Waals surface area contributed by atoms with Gasteiger partial charge in [0, 0.05) is 0 Å². The fraction of sp³-hybridized carbons (Fsp3) is 0.391. The Morgan fingerprint density at radius 1 is 1.07 bits per heavy atom. The highest BCUT2D eigenvalue weighted by atomic mass is 28.4. The highest BCUT2D eigenvalue weighted by Crippen LogP contribution is 2.36. The normalized spacial score (nSPS) is 21.4. The first-order chi connectivity index (χ1) is 12.8. The maximum Gasteiger partial charge on any atom is 0.261 e. The minimum atomic E-state index is -2.52. The van der Waals surface area contributed by atoms with Gasteiger partial charge in [-0.3, -0.25) is 0 Å². The molecule has 1 saturated heterocycles. The molecule has 0 aromatic heterocycles. The first-order valence-electron chi connectivity index (χ1n) is 9.53. The maximum absolute atomic E-state index is 10.2. The van der Waals surface area contributed by atoms with Crippen molar-refractivity contribution in [2.24, 2.45) is 0 Å². The van der Waals surface area contributed by atoms with Gasteiger partial charge in [0.15, 0.2) is 0 Å². The van der Waals surface area contributed by atoms with Crippen LogP contribution >= 0.6 is 0 Å². The zero-order valence-electron chi connectivity index (χ0n) is 16.7. The van der Waals surface area contributed by atoms with Crippen molar-refractivity contribution in [2.75, 3.05) is 13.2 Å². The van der Waals surface area contributed by atoms with Gasteiger partial charge in [-0.05, 0) is 22.3 Å². The highest BCUT2D eigenvalue weighted by Gasteiger charge is 2.50. The molecule has 0 aliphatic carbocycles. The van der Waals surface area contributed by atoms with E-state index in [-0.39, 0.29) is 5.04 Å². The topological polar surface area (TPSA) is 42.0 Å². The van der Waals surface area contributed by atoms with Gasteiger partial charge in [0.05, 0.1) is 13.2 Å². The van der Waals surface area contributed by atoms with Crippen molar-refractivity contribution in [3.63, 3.8) is 0 Å². The molecule has 2 aromatic rings. The van der Waals surface area contributed by atoms with Crippen molar-refractivity contribution < 1.29 is 14.3 Å². The summed E-state index contributed by atoms with van der Waals surface area (Å²) in [5.41, 5.74) is -0.423. The average Bonchev–Trinajstić information content (AvgIpc) is 3.41. The smallest absolute Gasteiger partial charge is 0.261 e. The van der Waals surface area contributed by atoms with E-state index >= 15 is 0 Å². The molecule has 3 rings (SSSR count). The average molecular weight is 383 g/mol. The first kappa shape index (κ1) is 20.0. The number of hydrogen-bond donors (Lipinski definition) is 1. The Morgan fingerprint density at radius 2 is 1.56 bits per heavy atom. The zero-order valence-corrected chi connectivity index (χ0v) is 17.7. The minimum Gasteiger partial charge on any atom is -0.404 e. The van der Waals surface area contributed by atoms with E-state index in [4.69, 9.17) is 9.16 Å². The fourth-order valence-corrected chi connectivity index (χ4v) is 8.11. The lowest BCUT2D eigenvalue weighted by Crippen LogP contribution is -2.66. The molecule has 0 bridgehead atoms. The zero-order chi connectivity index (χ0) is 19.5. The predicted molar refractivity (Wildman–Crippen MR) is 113 cm³/mol. The van der Waals surface area contributed by atoms with Crippen molar-refractivity contribution in [2.45, 2.75) is 44.4 Å². The van der Waals surface area contributed by atoms with E-state index in [1.165, 1.54) is 10.4 Å². The van der Waals surface area contributed by atoms with Crippen LogP contribution in [0.3, 0.4) is 0 Å². The van der Waals surface area contributed by atoms with Gasteiger partial charge in [-0.1, -0.05) is 93.6 Å². The molecule has 1 fully saturated rings. The van der Waals surface area contributed by atoms with Crippen LogP contribution in [0.25, 0.3) is 0 Å². The van der Waals surface area contributed by atoms with Crippen molar-refractivity contribution in [1.82, 2.24) is 0 Å². The minimum absolute atomic E-state index is 0.0479. The largest absolute Gasteiger partial charge is 0.404 e. The molecule has 144 valence electrons. The first-order valence-corrected chi connectivity index (χ1v) is 11.4. The summed E-state index contributed by atoms with van der Waals surface area (Å²) in [5.74, 6) is 0. The number of hydrogen-bond acceptors (Lipinski definition) is 3. The number of aliphatic hydroxyl groups is 1. The molecule has 0 amide bonds. The lowest BCUT2D eigenvalue weighted by Gasteiger charge is -2.42. The van der Waals surface area contributed by atoms with Crippen LogP contribution in [0, 0.1) is 0 Å². The van der Waals surface area contributed by atoms with Crippen LogP contribution in [-0.4, -0.2) is 38.3 Å². The summed E-state index contributed by atoms with van der Waals surface area (Å²) in [7, 11) is -2.52. The van der Waals surface area contributed by atoms with Gasteiger partial charge in [0.1, 0.15) is 11.7 Å². The molecule has 1 aliphatic heterocycles. The second-order valence-electron chi connectivity index (χ2n) is 8.45. The third kappa shape index (κ3) is 4.09. The highest BCUT2D eigenvalue weighted by molar-refractivity contribution is 6.99. The molecule has 1 aliphatic rings. The van der Waals surface area contributed by atoms with Crippen LogP contribution in [0.1, 0.15) is 27.7 Å². The summed E-state index contributed by atoms with van der Waals surface area (Å²) in [4.78, 5) is 0. The number of epoxide rings is 1. The Bertz CT molecular complexity index is 722. The van der Waals surface area contributed by atoms with Crippen molar-refractivity contribution in [3.8, 4) is 0 Å². The van der Waals surface area contributed by atoms with Gasteiger partial charge in [0.25, 0.3) is 8.32 Å². The Balaban J connectivity index is 1.93. The second kappa shape index (κ2) is 7.72. The van der Waals surface area contributed by atoms with Gasteiger partial charge in [-0.15, -0.1) is 0 Å². The quantitative estimate of drug-likeness (QED) is 0.454. The monoisotopic (exact) mass is 382 g/mol. The van der Waals surface area contributed by atoms with Gasteiger partial charge in [-0.2, -0.15) is 0 Å². The number of aliphatic hydroxyl groups excluding tert-OH is 1. The van der Waals surface area contributed by atoms with Crippen LogP contribution in [0.5, 0.6) is 0 Å². The Labute approximate surface area is 163 Å². The summed E-state index contributed by atoms with van der Waals surface area (Å²) in [6, 6.07) is 21.2. The molecule has 4 heteroatoms. The number of benzene rings is 2. The van der Waals surface area contributed by atoms with Gasteiger partial charge in [0.2, 0.25) is 0 Å². The third-order valence-electron chi connectivity index (χ3n) is 5.36. The molecular weight excluding hydrogens is 352 g/mol. The molecule has 0 saturated carbocycles. The van der Waals surface area contributed by atoms with E-state index in [2.05, 4.69) is 69.3 Å². The van der Waals surface area contributed by atoms with Gasteiger partial charge in [-0.25, -0.2) is 0 Å². The Morgan fingerprint density at radius 3 is 1.96 bits per heavy atom. The number of rotatable bonds is 7. The molecule has 1 N–H and O–H groups in total. The van der Waals surface area contributed by atoms with E-state index in [9.17, 15) is 5.11 Å². The van der Waals surface area contributed by atoms with Crippen LogP contribution in [0.4, 0.5) is 0 Å². The van der Waals surface area contributed by atoms with E-state index in [1.54, 1.807) is 6.08 Å². The molecule has 0 radical (unpaired) electrons. The maximum atomic E-state index is 10.2. The third-order valence-corrected chi connectivity index (χ3v) is 10.4. The molecule has 2 aromatic carbocycles. The molecule has 0 unspecified atom stereocenters. The summed E-state index contributed by atoms with van der Waals surface area (Å²) < 4.78 is 12.1. The molecule has 1 heterocycles. The predicted octanol–water partition coefficient (Wildman–Crippen LogP) is 3.27. The summed E-state index contributed by atoms with van der Waals surface area (Å²) >= 11 is 0. The van der Waals surface area contributed by atoms with Gasteiger partial charge < -0.3 is 14.3 Å². The second-order valence-corrected chi connectivity index (χ2v) is 12.8. The van der Waals surface area contributed by atoms with Crippen LogP contribution < -0.4 is 10.4 Å². The van der Waals surface area contributed by atoms with E-state index in [1.807, 2.05) is 25.1 Å². The van der Waals surface area contributed by atoms with Crippen molar-refractivity contribution in [3.05, 3.63) is 72.8 Å². The molecular formula is C23H30O3Si. The van der Waals surface area contributed by atoms with Gasteiger partial charge >= 0.3 is 0 Å². The summed E-state index contributed by atoms with van der Waals surface area (Å²) in [6.45, 7) is 9.77.